The third-order valence-corrected chi connectivity index (χ3v) is 6.48. The molecular formula is C26H30N2O4. The SMILES string of the molecule is CC(=O)N1c2ccc(C3=CCOCC3)cc2C(NC(=O)OCc2ccccc2)[C@@H](C)[C@@H]1C. The van der Waals surface area contributed by atoms with Gasteiger partial charge in [0.1, 0.15) is 6.61 Å². The lowest BCUT2D eigenvalue weighted by molar-refractivity contribution is -0.117. The van der Waals surface area contributed by atoms with Gasteiger partial charge in [-0.05, 0) is 47.7 Å². The molecule has 168 valence electrons. The van der Waals surface area contributed by atoms with Crippen LogP contribution in [0.5, 0.6) is 0 Å². The Morgan fingerprint density at radius 2 is 1.94 bits per heavy atom. The van der Waals surface area contributed by atoms with Crippen LogP contribution in [0.2, 0.25) is 0 Å². The predicted octanol–water partition coefficient (Wildman–Crippen LogP) is 4.85. The van der Waals surface area contributed by atoms with Gasteiger partial charge in [0.2, 0.25) is 5.91 Å². The van der Waals surface area contributed by atoms with Gasteiger partial charge >= 0.3 is 6.09 Å². The lowest BCUT2D eigenvalue weighted by Gasteiger charge is -2.43. The Morgan fingerprint density at radius 1 is 1.16 bits per heavy atom. The first-order valence-corrected chi connectivity index (χ1v) is 11.1. The first kappa shape index (κ1) is 22.1. The molecule has 0 aliphatic carbocycles. The fourth-order valence-corrected chi connectivity index (χ4v) is 4.59. The number of carbonyl (C=O) groups is 2. The van der Waals surface area contributed by atoms with Gasteiger partial charge in [-0.15, -0.1) is 0 Å². The number of carbonyl (C=O) groups excluding carboxylic acids is 2. The summed E-state index contributed by atoms with van der Waals surface area (Å²) in [5, 5.41) is 3.07. The Morgan fingerprint density at radius 3 is 2.62 bits per heavy atom. The van der Waals surface area contributed by atoms with Crippen LogP contribution in [0.3, 0.4) is 0 Å². The number of rotatable bonds is 4. The monoisotopic (exact) mass is 434 g/mol. The van der Waals surface area contributed by atoms with Crippen LogP contribution < -0.4 is 10.2 Å². The van der Waals surface area contributed by atoms with E-state index in [1.807, 2.05) is 48.2 Å². The van der Waals surface area contributed by atoms with E-state index in [1.165, 1.54) is 5.57 Å². The maximum absolute atomic E-state index is 12.7. The summed E-state index contributed by atoms with van der Waals surface area (Å²) in [6.45, 7) is 7.18. The van der Waals surface area contributed by atoms with Crippen LogP contribution in [0, 0.1) is 5.92 Å². The van der Waals surface area contributed by atoms with Crippen molar-refractivity contribution in [1.29, 1.82) is 0 Å². The summed E-state index contributed by atoms with van der Waals surface area (Å²) in [6.07, 6.45) is 2.48. The molecule has 6 nitrogen and oxygen atoms in total. The van der Waals surface area contributed by atoms with Gasteiger partial charge in [0.15, 0.2) is 0 Å². The first-order chi connectivity index (χ1) is 15.5. The standard InChI is InChI=1S/C26H30N2O4/c1-17-18(2)28(19(3)29)24-10-9-22(21-11-13-31-14-12-21)15-23(24)25(17)27-26(30)32-16-20-7-5-4-6-8-20/h4-11,15,17-18,25H,12-14,16H2,1-3H3,(H,27,30)/t17-,18-,25?/m0/s1. The van der Waals surface area contributed by atoms with Crippen molar-refractivity contribution in [1.82, 2.24) is 5.32 Å². The van der Waals surface area contributed by atoms with Gasteiger partial charge in [-0.25, -0.2) is 4.79 Å². The van der Waals surface area contributed by atoms with Gasteiger partial charge in [0, 0.05) is 24.6 Å². The quantitative estimate of drug-likeness (QED) is 0.747. The normalized spacial score (nSPS) is 22.5. The highest BCUT2D eigenvalue weighted by molar-refractivity contribution is 5.94. The van der Waals surface area contributed by atoms with Crippen LogP contribution in [0.1, 0.15) is 49.9 Å². The third-order valence-electron chi connectivity index (χ3n) is 6.48. The second kappa shape index (κ2) is 9.57. The van der Waals surface area contributed by atoms with E-state index in [0.717, 1.165) is 28.8 Å². The zero-order chi connectivity index (χ0) is 22.7. The number of hydrogen-bond donors (Lipinski definition) is 1. The highest BCUT2D eigenvalue weighted by atomic mass is 16.5. The van der Waals surface area contributed by atoms with Crippen molar-refractivity contribution in [2.45, 2.75) is 45.9 Å². The number of anilines is 1. The van der Waals surface area contributed by atoms with E-state index in [-0.39, 0.29) is 30.5 Å². The molecule has 0 aromatic heterocycles. The molecule has 1 N–H and O–H groups in total. The number of fused-ring (bicyclic) bond motifs is 1. The Balaban J connectivity index is 1.62. The molecule has 4 rings (SSSR count). The minimum atomic E-state index is -0.462. The zero-order valence-electron chi connectivity index (χ0n) is 18.8. The minimum absolute atomic E-state index is 0.00580. The number of amides is 2. The Kier molecular flexibility index (Phi) is 6.61. The average molecular weight is 435 g/mol. The maximum Gasteiger partial charge on any atom is 0.407 e. The molecule has 2 aliphatic rings. The van der Waals surface area contributed by atoms with Crippen molar-refractivity contribution in [2.75, 3.05) is 18.1 Å². The highest BCUT2D eigenvalue weighted by Crippen LogP contribution is 2.42. The summed E-state index contributed by atoms with van der Waals surface area (Å²) in [5.74, 6) is 0.00308. The molecule has 0 spiro atoms. The maximum atomic E-state index is 12.7. The van der Waals surface area contributed by atoms with Crippen molar-refractivity contribution in [3.63, 3.8) is 0 Å². The van der Waals surface area contributed by atoms with E-state index in [9.17, 15) is 9.59 Å². The molecule has 0 bridgehead atoms. The molecule has 2 amide bonds. The fraction of sp³-hybridized carbons (Fsp3) is 0.385. The van der Waals surface area contributed by atoms with Crippen molar-refractivity contribution in [2.24, 2.45) is 5.92 Å². The molecule has 0 saturated carbocycles. The smallest absolute Gasteiger partial charge is 0.407 e. The fourth-order valence-electron chi connectivity index (χ4n) is 4.59. The van der Waals surface area contributed by atoms with E-state index in [1.54, 1.807) is 6.92 Å². The van der Waals surface area contributed by atoms with E-state index in [0.29, 0.717) is 13.2 Å². The molecule has 2 aromatic rings. The summed E-state index contributed by atoms with van der Waals surface area (Å²) >= 11 is 0. The van der Waals surface area contributed by atoms with Crippen molar-refractivity contribution >= 4 is 23.3 Å². The molecule has 2 aromatic carbocycles. The van der Waals surface area contributed by atoms with Gasteiger partial charge in [-0.3, -0.25) is 4.79 Å². The van der Waals surface area contributed by atoms with Gasteiger partial charge in [-0.1, -0.05) is 49.4 Å². The summed E-state index contributed by atoms with van der Waals surface area (Å²) in [5.41, 5.74) is 5.04. The van der Waals surface area contributed by atoms with E-state index in [2.05, 4.69) is 30.4 Å². The van der Waals surface area contributed by atoms with Crippen LogP contribution in [-0.2, 0) is 20.9 Å². The van der Waals surface area contributed by atoms with Crippen LogP contribution in [0.25, 0.3) is 5.57 Å². The molecular weight excluding hydrogens is 404 g/mol. The molecule has 0 radical (unpaired) electrons. The first-order valence-electron chi connectivity index (χ1n) is 11.1. The number of ether oxygens (including phenoxy) is 2. The van der Waals surface area contributed by atoms with Crippen LogP contribution >= 0.6 is 0 Å². The average Bonchev–Trinajstić information content (AvgIpc) is 2.81. The molecule has 32 heavy (non-hydrogen) atoms. The lowest BCUT2D eigenvalue weighted by atomic mass is 9.81. The van der Waals surface area contributed by atoms with Crippen molar-refractivity contribution in [3.05, 3.63) is 71.3 Å². The Labute approximate surface area is 189 Å². The van der Waals surface area contributed by atoms with Crippen LogP contribution in [-0.4, -0.2) is 31.3 Å². The topological polar surface area (TPSA) is 67.9 Å². The largest absolute Gasteiger partial charge is 0.445 e. The molecule has 3 atom stereocenters. The van der Waals surface area contributed by atoms with Gasteiger partial charge in [-0.2, -0.15) is 0 Å². The zero-order valence-corrected chi connectivity index (χ0v) is 18.8. The molecule has 0 saturated heterocycles. The molecule has 0 fully saturated rings. The molecule has 6 heteroatoms. The number of nitrogens with zero attached hydrogens (tertiary/aromatic N) is 1. The highest BCUT2D eigenvalue weighted by Gasteiger charge is 2.39. The molecule has 2 heterocycles. The van der Waals surface area contributed by atoms with E-state index in [4.69, 9.17) is 9.47 Å². The number of alkyl carbamates (subject to hydrolysis) is 1. The van der Waals surface area contributed by atoms with Crippen LogP contribution in [0.4, 0.5) is 10.5 Å². The summed E-state index contributed by atoms with van der Waals surface area (Å²) in [7, 11) is 0. The summed E-state index contributed by atoms with van der Waals surface area (Å²) < 4.78 is 10.9. The Hall–Kier alpha value is -3.12. The van der Waals surface area contributed by atoms with Crippen molar-refractivity contribution < 1.29 is 19.1 Å². The van der Waals surface area contributed by atoms with Crippen molar-refractivity contribution in [3.8, 4) is 0 Å². The number of nitrogens with one attached hydrogen (secondary N) is 1. The minimum Gasteiger partial charge on any atom is -0.445 e. The number of benzene rings is 2. The second-order valence-electron chi connectivity index (χ2n) is 8.50. The van der Waals surface area contributed by atoms with Gasteiger partial charge < -0.3 is 19.7 Å². The number of hydrogen-bond acceptors (Lipinski definition) is 4. The van der Waals surface area contributed by atoms with Crippen LogP contribution in [0.15, 0.2) is 54.6 Å². The summed E-state index contributed by atoms with van der Waals surface area (Å²) in [6, 6.07) is 15.4. The third kappa shape index (κ3) is 4.55. The van der Waals surface area contributed by atoms with Gasteiger partial charge in [0.25, 0.3) is 0 Å². The summed E-state index contributed by atoms with van der Waals surface area (Å²) in [4.78, 5) is 27.0. The molecule has 1 unspecified atom stereocenters. The predicted molar refractivity (Wildman–Crippen MR) is 124 cm³/mol. The Bertz CT molecular complexity index is 1020. The van der Waals surface area contributed by atoms with E-state index < -0.39 is 6.09 Å². The second-order valence-corrected chi connectivity index (χ2v) is 8.50. The van der Waals surface area contributed by atoms with E-state index >= 15 is 0 Å². The lowest BCUT2D eigenvalue weighted by Crippen LogP contribution is -2.50. The van der Waals surface area contributed by atoms with Gasteiger partial charge in [0.05, 0.1) is 19.3 Å². The molecule has 2 aliphatic heterocycles.